The predicted octanol–water partition coefficient (Wildman–Crippen LogP) is 0.0632. The Morgan fingerprint density at radius 1 is 1.36 bits per heavy atom. The van der Waals surface area contributed by atoms with Crippen LogP contribution in [-0.4, -0.2) is 29.4 Å². The average Bonchev–Trinajstić information content (AvgIpc) is 2.85. The van der Waals surface area contributed by atoms with Gasteiger partial charge in [-0.3, -0.25) is 4.68 Å². The standard InChI is InChI=1S/C10H16N4/c1-2-11-5-8(1)9-6-13-14-4-3-12-7-10(9)14/h6,8,11-12H,1-5,7H2. The summed E-state index contributed by atoms with van der Waals surface area (Å²) in [6.07, 6.45) is 3.33. The Morgan fingerprint density at radius 2 is 2.36 bits per heavy atom. The molecule has 1 atom stereocenters. The number of fused-ring (bicyclic) bond motifs is 1. The largest absolute Gasteiger partial charge is 0.316 e. The summed E-state index contributed by atoms with van der Waals surface area (Å²) in [6, 6.07) is 0. The Balaban J connectivity index is 1.93. The normalized spacial score (nSPS) is 26.4. The van der Waals surface area contributed by atoms with Crippen LogP contribution in [0.1, 0.15) is 23.6 Å². The van der Waals surface area contributed by atoms with E-state index in [2.05, 4.69) is 26.6 Å². The molecule has 4 heteroatoms. The second-order valence-corrected chi connectivity index (χ2v) is 4.14. The first-order valence-electron chi connectivity index (χ1n) is 5.41. The molecule has 0 aromatic carbocycles. The van der Waals surface area contributed by atoms with Gasteiger partial charge in [0.1, 0.15) is 0 Å². The van der Waals surface area contributed by atoms with Gasteiger partial charge in [0.25, 0.3) is 0 Å². The topological polar surface area (TPSA) is 41.9 Å². The fourth-order valence-corrected chi connectivity index (χ4v) is 2.46. The third-order valence-electron chi connectivity index (χ3n) is 3.27. The van der Waals surface area contributed by atoms with Crippen molar-refractivity contribution in [1.82, 2.24) is 20.4 Å². The van der Waals surface area contributed by atoms with Crippen molar-refractivity contribution >= 4 is 0 Å². The molecule has 0 saturated carbocycles. The van der Waals surface area contributed by atoms with E-state index in [1.54, 1.807) is 0 Å². The molecule has 0 amide bonds. The lowest BCUT2D eigenvalue weighted by Crippen LogP contribution is -2.29. The maximum atomic E-state index is 4.45. The maximum Gasteiger partial charge on any atom is 0.0557 e. The number of aromatic nitrogens is 2. The molecule has 4 nitrogen and oxygen atoms in total. The maximum absolute atomic E-state index is 4.45. The highest BCUT2D eigenvalue weighted by atomic mass is 15.3. The number of nitrogens with one attached hydrogen (secondary N) is 2. The van der Waals surface area contributed by atoms with E-state index in [-0.39, 0.29) is 0 Å². The fourth-order valence-electron chi connectivity index (χ4n) is 2.46. The van der Waals surface area contributed by atoms with Crippen molar-refractivity contribution in [2.75, 3.05) is 19.6 Å². The van der Waals surface area contributed by atoms with Crippen LogP contribution in [-0.2, 0) is 13.1 Å². The Morgan fingerprint density at radius 3 is 3.21 bits per heavy atom. The van der Waals surface area contributed by atoms with Gasteiger partial charge in [-0.2, -0.15) is 5.10 Å². The van der Waals surface area contributed by atoms with Crippen molar-refractivity contribution in [2.24, 2.45) is 0 Å². The first-order chi connectivity index (χ1) is 6.95. The molecule has 2 N–H and O–H groups in total. The van der Waals surface area contributed by atoms with Gasteiger partial charge >= 0.3 is 0 Å². The molecule has 3 heterocycles. The van der Waals surface area contributed by atoms with Crippen molar-refractivity contribution in [3.63, 3.8) is 0 Å². The molecule has 1 saturated heterocycles. The monoisotopic (exact) mass is 192 g/mol. The molecule has 1 aromatic heterocycles. The summed E-state index contributed by atoms with van der Waals surface area (Å²) >= 11 is 0. The summed E-state index contributed by atoms with van der Waals surface area (Å²) in [5.41, 5.74) is 2.87. The third-order valence-corrected chi connectivity index (χ3v) is 3.27. The van der Waals surface area contributed by atoms with Crippen molar-refractivity contribution < 1.29 is 0 Å². The van der Waals surface area contributed by atoms with Crippen LogP contribution < -0.4 is 10.6 Å². The minimum Gasteiger partial charge on any atom is -0.316 e. The highest BCUT2D eigenvalue weighted by molar-refractivity contribution is 5.25. The van der Waals surface area contributed by atoms with E-state index in [0.29, 0.717) is 5.92 Å². The summed E-state index contributed by atoms with van der Waals surface area (Å²) in [5, 5.41) is 11.3. The second-order valence-electron chi connectivity index (χ2n) is 4.14. The molecule has 0 bridgehead atoms. The molecular weight excluding hydrogens is 176 g/mol. The molecule has 2 aliphatic rings. The first-order valence-corrected chi connectivity index (χ1v) is 5.41. The lowest BCUT2D eigenvalue weighted by molar-refractivity contribution is 0.471. The van der Waals surface area contributed by atoms with Crippen LogP contribution in [0.2, 0.25) is 0 Å². The number of rotatable bonds is 1. The molecule has 0 radical (unpaired) electrons. The van der Waals surface area contributed by atoms with E-state index in [4.69, 9.17) is 0 Å². The van der Waals surface area contributed by atoms with Gasteiger partial charge in [-0.15, -0.1) is 0 Å². The summed E-state index contributed by atoms with van der Waals surface area (Å²) < 4.78 is 2.16. The highest BCUT2D eigenvalue weighted by Gasteiger charge is 2.23. The van der Waals surface area contributed by atoms with Gasteiger partial charge in [0.15, 0.2) is 0 Å². The van der Waals surface area contributed by atoms with Crippen molar-refractivity contribution in [2.45, 2.75) is 25.4 Å². The zero-order valence-electron chi connectivity index (χ0n) is 8.29. The van der Waals surface area contributed by atoms with Gasteiger partial charge in [-0.25, -0.2) is 0 Å². The van der Waals surface area contributed by atoms with Gasteiger partial charge in [0, 0.05) is 25.6 Å². The van der Waals surface area contributed by atoms with Crippen LogP contribution in [0.5, 0.6) is 0 Å². The molecule has 2 aliphatic heterocycles. The van der Waals surface area contributed by atoms with E-state index in [0.717, 1.165) is 32.7 Å². The van der Waals surface area contributed by atoms with Crippen molar-refractivity contribution in [3.05, 3.63) is 17.5 Å². The summed E-state index contributed by atoms with van der Waals surface area (Å²) in [4.78, 5) is 0. The van der Waals surface area contributed by atoms with Crippen LogP contribution in [0.3, 0.4) is 0 Å². The molecule has 0 spiro atoms. The van der Waals surface area contributed by atoms with Gasteiger partial charge < -0.3 is 10.6 Å². The summed E-state index contributed by atoms with van der Waals surface area (Å²) in [6.45, 7) is 5.35. The van der Waals surface area contributed by atoms with Crippen molar-refractivity contribution in [1.29, 1.82) is 0 Å². The van der Waals surface area contributed by atoms with E-state index >= 15 is 0 Å². The molecule has 76 valence electrons. The molecule has 1 fully saturated rings. The van der Waals surface area contributed by atoms with Crippen LogP contribution in [0.15, 0.2) is 6.20 Å². The Hall–Kier alpha value is -0.870. The van der Waals surface area contributed by atoms with Crippen LogP contribution in [0.25, 0.3) is 0 Å². The summed E-state index contributed by atoms with van der Waals surface area (Å²) in [7, 11) is 0. The van der Waals surface area contributed by atoms with Gasteiger partial charge in [-0.1, -0.05) is 0 Å². The van der Waals surface area contributed by atoms with Gasteiger partial charge in [-0.05, 0) is 18.5 Å². The highest BCUT2D eigenvalue weighted by Crippen LogP contribution is 2.26. The minimum atomic E-state index is 0.693. The van der Waals surface area contributed by atoms with Gasteiger partial charge in [0.2, 0.25) is 0 Å². The van der Waals surface area contributed by atoms with E-state index < -0.39 is 0 Å². The smallest absolute Gasteiger partial charge is 0.0557 e. The fraction of sp³-hybridized carbons (Fsp3) is 0.700. The van der Waals surface area contributed by atoms with E-state index in [9.17, 15) is 0 Å². The first kappa shape index (κ1) is 8.44. The number of nitrogens with zero attached hydrogens (tertiary/aromatic N) is 2. The Bertz CT molecular complexity index is 325. The quantitative estimate of drug-likeness (QED) is 0.661. The number of hydrogen-bond donors (Lipinski definition) is 2. The molecule has 0 aliphatic carbocycles. The van der Waals surface area contributed by atoms with E-state index in [1.807, 2.05) is 0 Å². The summed E-state index contributed by atoms with van der Waals surface area (Å²) in [5.74, 6) is 0.693. The lowest BCUT2D eigenvalue weighted by Gasteiger charge is -2.18. The zero-order chi connectivity index (χ0) is 9.38. The number of hydrogen-bond acceptors (Lipinski definition) is 3. The van der Waals surface area contributed by atoms with Crippen LogP contribution in [0, 0.1) is 0 Å². The predicted molar refractivity (Wildman–Crippen MR) is 54.2 cm³/mol. The molecule has 1 aromatic rings. The zero-order valence-corrected chi connectivity index (χ0v) is 8.29. The van der Waals surface area contributed by atoms with E-state index in [1.165, 1.54) is 17.7 Å². The average molecular weight is 192 g/mol. The minimum absolute atomic E-state index is 0.693. The van der Waals surface area contributed by atoms with Gasteiger partial charge in [0.05, 0.1) is 18.4 Å². The van der Waals surface area contributed by atoms with Crippen molar-refractivity contribution in [3.8, 4) is 0 Å². The van der Waals surface area contributed by atoms with Crippen LogP contribution in [0.4, 0.5) is 0 Å². The second kappa shape index (κ2) is 3.37. The third kappa shape index (κ3) is 1.26. The SMILES string of the molecule is c1nn2c(c1C1CCNC1)CNCC2. The Kier molecular flexibility index (Phi) is 2.03. The Labute approximate surface area is 83.7 Å². The lowest BCUT2D eigenvalue weighted by atomic mass is 9.98. The van der Waals surface area contributed by atoms with Crippen LogP contribution >= 0.6 is 0 Å². The molecular formula is C10H16N4. The molecule has 14 heavy (non-hydrogen) atoms. The molecule has 3 rings (SSSR count). The molecule has 1 unspecified atom stereocenters.